The van der Waals surface area contributed by atoms with E-state index in [0.29, 0.717) is 15.7 Å². The van der Waals surface area contributed by atoms with Gasteiger partial charge in [-0.1, -0.05) is 23.2 Å². The molecule has 1 N–H and O–H groups in total. The van der Waals surface area contributed by atoms with E-state index in [2.05, 4.69) is 10.4 Å². The summed E-state index contributed by atoms with van der Waals surface area (Å²) in [7, 11) is 0. The predicted molar refractivity (Wildman–Crippen MR) is 73.6 cm³/mol. The van der Waals surface area contributed by atoms with Gasteiger partial charge in [0.15, 0.2) is 0 Å². The molecule has 0 saturated carbocycles. The zero-order chi connectivity index (χ0) is 13.8. The van der Waals surface area contributed by atoms with E-state index in [9.17, 15) is 9.59 Å². The van der Waals surface area contributed by atoms with Crippen LogP contribution in [0.15, 0.2) is 41.3 Å². The zero-order valence-corrected chi connectivity index (χ0v) is 11.1. The summed E-state index contributed by atoms with van der Waals surface area (Å²) in [5.74, 6) is -0.412. The normalized spacial score (nSPS) is 10.2. The fourth-order valence-electron chi connectivity index (χ4n) is 1.43. The van der Waals surface area contributed by atoms with Gasteiger partial charge in [-0.2, -0.15) is 5.10 Å². The number of amides is 1. The quantitative estimate of drug-likeness (QED) is 0.944. The molecule has 1 aromatic carbocycles. The Hall–Kier alpha value is -1.85. The third-order valence-corrected chi connectivity index (χ3v) is 2.85. The van der Waals surface area contributed by atoms with Crippen molar-refractivity contribution in [3.63, 3.8) is 0 Å². The van der Waals surface area contributed by atoms with Gasteiger partial charge in [-0.05, 0) is 24.3 Å². The number of halogens is 2. The highest BCUT2D eigenvalue weighted by Gasteiger charge is 2.08. The van der Waals surface area contributed by atoms with Gasteiger partial charge in [0.25, 0.3) is 5.56 Å². The van der Waals surface area contributed by atoms with Gasteiger partial charge in [-0.15, -0.1) is 0 Å². The van der Waals surface area contributed by atoms with Gasteiger partial charge >= 0.3 is 0 Å². The summed E-state index contributed by atoms with van der Waals surface area (Å²) in [6.45, 7) is -0.192. The van der Waals surface area contributed by atoms with Crippen LogP contribution in [-0.4, -0.2) is 15.7 Å². The summed E-state index contributed by atoms with van der Waals surface area (Å²) in [6, 6.07) is 7.55. The second kappa shape index (κ2) is 5.86. The first-order chi connectivity index (χ1) is 9.06. The first-order valence-corrected chi connectivity index (χ1v) is 6.09. The van der Waals surface area contributed by atoms with Gasteiger partial charge in [-0.25, -0.2) is 4.68 Å². The fraction of sp³-hybridized carbons (Fsp3) is 0.0833. The molecule has 0 aliphatic rings. The van der Waals surface area contributed by atoms with Crippen LogP contribution in [0.5, 0.6) is 0 Å². The van der Waals surface area contributed by atoms with E-state index in [0.717, 1.165) is 4.68 Å². The maximum absolute atomic E-state index is 11.8. The third kappa shape index (κ3) is 3.56. The maximum Gasteiger partial charge on any atom is 0.267 e. The highest BCUT2D eigenvalue weighted by atomic mass is 35.5. The van der Waals surface area contributed by atoms with Crippen LogP contribution in [-0.2, 0) is 11.3 Å². The van der Waals surface area contributed by atoms with Gasteiger partial charge in [-0.3, -0.25) is 9.59 Å². The van der Waals surface area contributed by atoms with Gasteiger partial charge in [0.2, 0.25) is 5.91 Å². The molecule has 1 amide bonds. The van der Waals surface area contributed by atoms with Crippen molar-refractivity contribution in [2.75, 3.05) is 5.32 Å². The van der Waals surface area contributed by atoms with Crippen molar-refractivity contribution in [3.05, 3.63) is 56.9 Å². The first kappa shape index (κ1) is 13.6. The van der Waals surface area contributed by atoms with Crippen molar-refractivity contribution < 1.29 is 4.79 Å². The molecule has 1 heterocycles. The standard InChI is InChI=1S/C12H9Cl2N3O2/c13-8-3-4-9(14)10(6-8)16-11(18)7-17-12(19)2-1-5-15-17/h1-6H,7H2,(H,16,18). The number of benzene rings is 1. The summed E-state index contributed by atoms with van der Waals surface area (Å²) in [5, 5.41) is 7.18. The van der Waals surface area contributed by atoms with Crippen molar-refractivity contribution in [3.8, 4) is 0 Å². The summed E-state index contributed by atoms with van der Waals surface area (Å²) in [4.78, 5) is 23.2. The number of nitrogens with one attached hydrogen (secondary N) is 1. The minimum absolute atomic E-state index is 0.192. The van der Waals surface area contributed by atoms with Gasteiger partial charge in [0, 0.05) is 17.3 Å². The van der Waals surface area contributed by atoms with Crippen LogP contribution in [0.1, 0.15) is 0 Å². The Morgan fingerprint density at radius 1 is 1.32 bits per heavy atom. The van der Waals surface area contributed by atoms with Crippen LogP contribution in [0.25, 0.3) is 0 Å². The van der Waals surface area contributed by atoms with Crippen LogP contribution in [0.4, 0.5) is 5.69 Å². The number of aromatic nitrogens is 2. The smallest absolute Gasteiger partial charge is 0.267 e. The Labute approximate surface area is 118 Å². The van der Waals surface area contributed by atoms with E-state index in [-0.39, 0.29) is 12.1 Å². The number of carbonyl (C=O) groups is 1. The van der Waals surface area contributed by atoms with E-state index < -0.39 is 5.91 Å². The largest absolute Gasteiger partial charge is 0.323 e. The highest BCUT2D eigenvalue weighted by Crippen LogP contribution is 2.25. The summed E-state index contributed by atoms with van der Waals surface area (Å²) in [5.41, 5.74) is 0.0398. The highest BCUT2D eigenvalue weighted by molar-refractivity contribution is 6.35. The molecule has 0 saturated heterocycles. The molecule has 1 aromatic heterocycles. The molecule has 98 valence electrons. The summed E-state index contributed by atoms with van der Waals surface area (Å²) >= 11 is 11.7. The number of rotatable bonds is 3. The molecular formula is C12H9Cl2N3O2. The lowest BCUT2D eigenvalue weighted by Crippen LogP contribution is -2.28. The number of hydrogen-bond acceptors (Lipinski definition) is 3. The van der Waals surface area contributed by atoms with Gasteiger partial charge in [0.1, 0.15) is 6.54 Å². The maximum atomic E-state index is 11.8. The van der Waals surface area contributed by atoms with Crippen LogP contribution in [0.2, 0.25) is 10.0 Å². The summed E-state index contributed by atoms with van der Waals surface area (Å²) in [6.07, 6.45) is 1.43. The average molecular weight is 298 g/mol. The lowest BCUT2D eigenvalue weighted by molar-refractivity contribution is -0.117. The Morgan fingerprint density at radius 2 is 2.11 bits per heavy atom. The van der Waals surface area contributed by atoms with E-state index >= 15 is 0 Å². The molecule has 0 bridgehead atoms. The molecule has 0 spiro atoms. The fourth-order valence-corrected chi connectivity index (χ4v) is 1.76. The second-order valence-corrected chi connectivity index (χ2v) is 4.54. The monoisotopic (exact) mass is 297 g/mol. The molecule has 2 aromatic rings. The van der Waals surface area contributed by atoms with Crippen molar-refractivity contribution in [1.82, 2.24) is 9.78 Å². The van der Waals surface area contributed by atoms with Crippen LogP contribution in [0, 0.1) is 0 Å². The Balaban J connectivity index is 2.12. The van der Waals surface area contributed by atoms with E-state index in [1.54, 1.807) is 12.1 Å². The molecule has 5 nitrogen and oxygen atoms in total. The topological polar surface area (TPSA) is 64.0 Å². The van der Waals surface area contributed by atoms with Gasteiger partial charge in [0.05, 0.1) is 10.7 Å². The number of carbonyl (C=O) groups excluding carboxylic acids is 1. The molecule has 0 unspecified atom stereocenters. The number of nitrogens with zero attached hydrogens (tertiary/aromatic N) is 2. The van der Waals surface area contributed by atoms with Crippen LogP contribution >= 0.6 is 23.2 Å². The Kier molecular flexibility index (Phi) is 4.19. The molecule has 19 heavy (non-hydrogen) atoms. The number of hydrogen-bond donors (Lipinski definition) is 1. The Morgan fingerprint density at radius 3 is 2.84 bits per heavy atom. The van der Waals surface area contributed by atoms with Crippen molar-refractivity contribution in [1.29, 1.82) is 0 Å². The number of anilines is 1. The Bertz CT molecular complexity index is 670. The minimum atomic E-state index is -0.412. The van der Waals surface area contributed by atoms with E-state index in [1.807, 2.05) is 0 Å². The lowest BCUT2D eigenvalue weighted by Gasteiger charge is -2.08. The molecular weight excluding hydrogens is 289 g/mol. The SMILES string of the molecule is O=C(Cn1ncccc1=O)Nc1cc(Cl)ccc1Cl. The molecule has 0 radical (unpaired) electrons. The van der Waals surface area contributed by atoms with Crippen LogP contribution < -0.4 is 10.9 Å². The predicted octanol–water partition coefficient (Wildman–Crippen LogP) is 2.19. The van der Waals surface area contributed by atoms with Crippen molar-refractivity contribution >= 4 is 34.8 Å². The lowest BCUT2D eigenvalue weighted by atomic mass is 10.3. The first-order valence-electron chi connectivity index (χ1n) is 5.33. The van der Waals surface area contributed by atoms with Crippen molar-refractivity contribution in [2.24, 2.45) is 0 Å². The van der Waals surface area contributed by atoms with Gasteiger partial charge < -0.3 is 5.32 Å². The van der Waals surface area contributed by atoms with Crippen LogP contribution in [0.3, 0.4) is 0 Å². The third-order valence-electron chi connectivity index (χ3n) is 2.28. The average Bonchev–Trinajstić information content (AvgIpc) is 2.37. The molecule has 2 rings (SSSR count). The van der Waals surface area contributed by atoms with Crippen molar-refractivity contribution in [2.45, 2.75) is 6.54 Å². The second-order valence-electron chi connectivity index (χ2n) is 3.69. The van der Waals surface area contributed by atoms with E-state index in [4.69, 9.17) is 23.2 Å². The molecule has 0 aliphatic carbocycles. The molecule has 0 aliphatic heterocycles. The minimum Gasteiger partial charge on any atom is -0.323 e. The molecule has 0 atom stereocenters. The molecule has 0 fully saturated rings. The van der Waals surface area contributed by atoms with E-state index in [1.165, 1.54) is 24.4 Å². The zero-order valence-electron chi connectivity index (χ0n) is 9.64. The summed E-state index contributed by atoms with van der Waals surface area (Å²) < 4.78 is 1.05. The molecule has 7 heteroatoms.